The fourth-order valence-electron chi connectivity index (χ4n) is 6.41. The molecule has 0 amide bonds. The average molecular weight is 513 g/mol. The van der Waals surface area contributed by atoms with Crippen LogP contribution in [0, 0.1) is 22.7 Å². The number of hydrogen-bond donors (Lipinski definition) is 2. The molecule has 2 saturated carbocycles. The smallest absolute Gasteiger partial charge is 0.309 e. The van der Waals surface area contributed by atoms with E-state index in [1.807, 2.05) is 12.1 Å². The highest BCUT2D eigenvalue weighted by Crippen LogP contribution is 2.43. The summed E-state index contributed by atoms with van der Waals surface area (Å²) < 4.78 is 0. The van der Waals surface area contributed by atoms with E-state index in [1.54, 1.807) is 13.8 Å². The number of hydrogen-bond acceptors (Lipinski definition) is 4. The molecule has 2 N–H and O–H groups in total. The molecule has 5 heteroatoms. The van der Waals surface area contributed by atoms with E-state index in [-0.39, 0.29) is 41.5 Å². The van der Waals surface area contributed by atoms with Gasteiger partial charge < -0.3 is 10.2 Å². The van der Waals surface area contributed by atoms with Crippen LogP contribution in [0.3, 0.4) is 0 Å². The minimum atomic E-state index is -0.790. The van der Waals surface area contributed by atoms with E-state index in [0.717, 1.165) is 81.8 Å². The van der Waals surface area contributed by atoms with Crippen molar-refractivity contribution in [2.24, 2.45) is 22.7 Å². The van der Waals surface area contributed by atoms with Gasteiger partial charge in [0, 0.05) is 30.3 Å². The summed E-state index contributed by atoms with van der Waals surface area (Å²) in [4.78, 5) is 38.7. The molecule has 0 aliphatic heterocycles. The van der Waals surface area contributed by atoms with E-state index >= 15 is 0 Å². The number of rotatable bonds is 12. The highest BCUT2D eigenvalue weighted by Gasteiger charge is 2.38. The summed E-state index contributed by atoms with van der Waals surface area (Å²) in [6, 6.07) is 8.13. The van der Waals surface area contributed by atoms with E-state index in [4.69, 9.17) is 0 Å². The van der Waals surface area contributed by atoms with Crippen LogP contribution >= 0.6 is 0 Å². The SMILES string of the molecule is CC(C)(CO)CCCC1CCCC(c2ccccc2C2CCCC(CCCC(C)(C)C(=O)O)C2=O)C1=O. The minimum absolute atomic E-state index is 0.0268. The van der Waals surface area contributed by atoms with Crippen molar-refractivity contribution in [1.29, 1.82) is 0 Å². The Bertz CT molecular complexity index is 946. The first-order chi connectivity index (χ1) is 17.5. The van der Waals surface area contributed by atoms with E-state index < -0.39 is 11.4 Å². The summed E-state index contributed by atoms with van der Waals surface area (Å²) >= 11 is 0. The number of aliphatic hydroxyl groups is 1. The van der Waals surface area contributed by atoms with Crippen LogP contribution < -0.4 is 0 Å². The second-order valence-corrected chi connectivity index (χ2v) is 13.1. The van der Waals surface area contributed by atoms with Crippen molar-refractivity contribution in [3.05, 3.63) is 35.4 Å². The van der Waals surface area contributed by atoms with Crippen molar-refractivity contribution in [2.45, 2.75) is 117 Å². The first-order valence-electron chi connectivity index (χ1n) is 14.5. The monoisotopic (exact) mass is 512 g/mol. The topological polar surface area (TPSA) is 91.7 Å². The quantitative estimate of drug-likeness (QED) is 0.313. The summed E-state index contributed by atoms with van der Waals surface area (Å²) in [5.41, 5.74) is 1.22. The Kier molecular flexibility index (Phi) is 10.1. The summed E-state index contributed by atoms with van der Waals surface area (Å²) in [5.74, 6) is -0.447. The zero-order valence-electron chi connectivity index (χ0n) is 23.4. The number of carboxylic acids is 1. The second-order valence-electron chi connectivity index (χ2n) is 13.1. The van der Waals surface area contributed by atoms with Gasteiger partial charge in [-0.05, 0) is 81.8 Å². The van der Waals surface area contributed by atoms with E-state index in [2.05, 4.69) is 26.0 Å². The van der Waals surface area contributed by atoms with Crippen molar-refractivity contribution >= 4 is 17.5 Å². The van der Waals surface area contributed by atoms with Crippen LogP contribution in [-0.2, 0) is 14.4 Å². The minimum Gasteiger partial charge on any atom is -0.481 e. The van der Waals surface area contributed by atoms with E-state index in [0.29, 0.717) is 12.2 Å². The molecule has 0 heterocycles. The van der Waals surface area contributed by atoms with Crippen molar-refractivity contribution in [3.63, 3.8) is 0 Å². The Labute approximate surface area is 223 Å². The third-order valence-corrected chi connectivity index (χ3v) is 9.10. The molecular weight excluding hydrogens is 464 g/mol. The number of carbonyl (C=O) groups excluding carboxylic acids is 2. The fourth-order valence-corrected chi connectivity index (χ4v) is 6.41. The highest BCUT2D eigenvalue weighted by molar-refractivity contribution is 5.92. The third-order valence-electron chi connectivity index (χ3n) is 9.10. The number of benzene rings is 1. The zero-order valence-corrected chi connectivity index (χ0v) is 23.4. The Hall–Kier alpha value is -2.01. The van der Waals surface area contributed by atoms with Gasteiger partial charge in [0.25, 0.3) is 0 Å². The van der Waals surface area contributed by atoms with Gasteiger partial charge >= 0.3 is 5.97 Å². The lowest BCUT2D eigenvalue weighted by atomic mass is 9.69. The lowest BCUT2D eigenvalue weighted by Crippen LogP contribution is -2.31. The number of carbonyl (C=O) groups is 3. The van der Waals surface area contributed by atoms with Crippen molar-refractivity contribution in [2.75, 3.05) is 6.61 Å². The van der Waals surface area contributed by atoms with Gasteiger partial charge in [0.1, 0.15) is 11.6 Å². The highest BCUT2D eigenvalue weighted by atomic mass is 16.4. The van der Waals surface area contributed by atoms with Gasteiger partial charge in [0.05, 0.1) is 5.41 Å². The maximum atomic E-state index is 13.6. The number of carboxylic acid groups (broad SMARTS) is 1. The van der Waals surface area contributed by atoms with Gasteiger partial charge in [-0.25, -0.2) is 0 Å². The molecule has 37 heavy (non-hydrogen) atoms. The van der Waals surface area contributed by atoms with Crippen LogP contribution in [-0.4, -0.2) is 34.4 Å². The molecule has 1 aromatic carbocycles. The van der Waals surface area contributed by atoms with Crippen LogP contribution in [0.15, 0.2) is 24.3 Å². The Morgan fingerprint density at radius 3 is 1.70 bits per heavy atom. The lowest BCUT2D eigenvalue weighted by Gasteiger charge is -2.34. The molecule has 5 nitrogen and oxygen atoms in total. The van der Waals surface area contributed by atoms with E-state index in [1.165, 1.54) is 0 Å². The number of aliphatic hydroxyl groups excluding tert-OH is 1. The van der Waals surface area contributed by atoms with Crippen LogP contribution in [0.2, 0.25) is 0 Å². The molecule has 2 fully saturated rings. The largest absolute Gasteiger partial charge is 0.481 e. The van der Waals surface area contributed by atoms with Gasteiger partial charge in [0.2, 0.25) is 0 Å². The molecule has 0 radical (unpaired) electrons. The van der Waals surface area contributed by atoms with Gasteiger partial charge in [-0.2, -0.15) is 0 Å². The summed E-state index contributed by atoms with van der Waals surface area (Å²) in [7, 11) is 0. The van der Waals surface area contributed by atoms with Crippen LogP contribution in [0.1, 0.15) is 128 Å². The Morgan fingerprint density at radius 2 is 1.27 bits per heavy atom. The van der Waals surface area contributed by atoms with Crippen molar-refractivity contribution < 1.29 is 24.6 Å². The second kappa shape index (κ2) is 12.7. The first kappa shape index (κ1) is 29.5. The Balaban J connectivity index is 1.70. The maximum absolute atomic E-state index is 13.6. The molecule has 1 aromatic rings. The lowest BCUT2D eigenvalue weighted by molar-refractivity contribution is -0.147. The van der Waals surface area contributed by atoms with Gasteiger partial charge in [0.15, 0.2) is 0 Å². The fraction of sp³-hybridized carbons (Fsp3) is 0.719. The summed E-state index contributed by atoms with van der Waals surface area (Å²) in [5, 5.41) is 19.0. The Morgan fingerprint density at radius 1 is 0.811 bits per heavy atom. The van der Waals surface area contributed by atoms with Gasteiger partial charge in [-0.15, -0.1) is 0 Å². The standard InChI is InChI=1S/C32H48O5/c1-31(2,21-33)19-9-13-22-11-7-17-26(28(22)34)24-15-5-6-16-25(24)27-18-8-12-23(29(27)35)14-10-20-32(3,4)30(36)37/h5-6,15-16,22-23,26-27,33H,7-14,17-21H2,1-4H3,(H,36,37). The van der Waals surface area contributed by atoms with Crippen LogP contribution in [0.25, 0.3) is 0 Å². The van der Waals surface area contributed by atoms with Crippen LogP contribution in [0.5, 0.6) is 0 Å². The molecule has 4 atom stereocenters. The van der Waals surface area contributed by atoms with Gasteiger partial charge in [-0.1, -0.05) is 63.8 Å². The molecule has 206 valence electrons. The molecule has 0 bridgehead atoms. The molecule has 3 rings (SSSR count). The number of ketones is 2. The molecule has 2 aliphatic rings. The number of aliphatic carboxylic acids is 1. The molecule has 2 aliphatic carbocycles. The first-order valence-corrected chi connectivity index (χ1v) is 14.5. The predicted octanol–water partition coefficient (Wildman–Crippen LogP) is 7.06. The average Bonchev–Trinajstić information content (AvgIpc) is 2.86. The summed E-state index contributed by atoms with van der Waals surface area (Å²) in [6.45, 7) is 7.79. The summed E-state index contributed by atoms with van der Waals surface area (Å²) in [6.07, 6.45) is 10.3. The van der Waals surface area contributed by atoms with Crippen molar-refractivity contribution in [3.8, 4) is 0 Å². The van der Waals surface area contributed by atoms with Gasteiger partial charge in [-0.3, -0.25) is 14.4 Å². The van der Waals surface area contributed by atoms with E-state index in [9.17, 15) is 24.6 Å². The van der Waals surface area contributed by atoms with Crippen molar-refractivity contribution in [1.82, 2.24) is 0 Å². The number of Topliss-reactive ketones (excluding diaryl/α,β-unsaturated/α-hetero) is 2. The van der Waals surface area contributed by atoms with Crippen LogP contribution in [0.4, 0.5) is 0 Å². The molecule has 0 saturated heterocycles. The molecular formula is C32H48O5. The molecule has 0 spiro atoms. The normalized spacial score (nSPS) is 25.3. The third kappa shape index (κ3) is 7.52. The molecule has 4 unspecified atom stereocenters. The maximum Gasteiger partial charge on any atom is 0.309 e. The predicted molar refractivity (Wildman–Crippen MR) is 147 cm³/mol. The molecule has 0 aromatic heterocycles. The zero-order chi connectivity index (χ0) is 27.2.